The van der Waals surface area contributed by atoms with Gasteiger partial charge in [0.15, 0.2) is 5.82 Å². The normalized spacial score (nSPS) is 10.1. The van der Waals surface area contributed by atoms with Crippen LogP contribution in [0.15, 0.2) is 24.8 Å². The van der Waals surface area contributed by atoms with E-state index < -0.39 is 0 Å². The van der Waals surface area contributed by atoms with Crippen molar-refractivity contribution < 1.29 is 4.79 Å². The average molecular weight is 247 g/mol. The molecule has 18 heavy (non-hydrogen) atoms. The molecule has 4 N–H and O–H groups in total. The van der Waals surface area contributed by atoms with Crippen molar-refractivity contribution >= 4 is 11.6 Å². The fraction of sp³-hybridized carbons (Fsp3) is 0.200. The van der Waals surface area contributed by atoms with Crippen molar-refractivity contribution in [2.24, 2.45) is 12.9 Å². The lowest BCUT2D eigenvalue weighted by molar-refractivity contribution is 0.0950. The number of aromatic nitrogens is 4. The van der Waals surface area contributed by atoms with Crippen LogP contribution >= 0.6 is 0 Å². The molecular weight excluding hydrogens is 234 g/mol. The Hall–Kier alpha value is -2.48. The molecule has 0 saturated heterocycles. The van der Waals surface area contributed by atoms with E-state index in [2.05, 4.69) is 25.8 Å². The topological polar surface area (TPSA) is 111 Å². The number of amides is 1. The molecule has 8 nitrogen and oxygen atoms in total. The molecule has 0 aliphatic carbocycles. The molecule has 0 radical (unpaired) electrons. The molecule has 0 aliphatic heterocycles. The van der Waals surface area contributed by atoms with Crippen LogP contribution in [0.25, 0.3) is 0 Å². The number of nitrogens with two attached hydrogens (primary N) is 1. The van der Waals surface area contributed by atoms with Crippen LogP contribution < -0.4 is 16.6 Å². The van der Waals surface area contributed by atoms with Gasteiger partial charge in [0.05, 0.1) is 24.0 Å². The van der Waals surface area contributed by atoms with Gasteiger partial charge in [-0.25, -0.2) is 4.98 Å². The highest BCUT2D eigenvalue weighted by atomic mass is 16.1. The van der Waals surface area contributed by atoms with Crippen molar-refractivity contribution in [2.75, 3.05) is 5.43 Å². The number of hydrogen-bond donors (Lipinski definition) is 3. The maximum absolute atomic E-state index is 11.9. The number of hydrazine groups is 1. The number of nitrogens with one attached hydrogen (secondary N) is 2. The molecule has 0 aromatic carbocycles. The molecular formula is C10H13N7O. The van der Waals surface area contributed by atoms with E-state index in [0.717, 1.165) is 0 Å². The lowest BCUT2D eigenvalue weighted by Gasteiger charge is -2.07. The number of rotatable bonds is 4. The van der Waals surface area contributed by atoms with E-state index in [1.807, 2.05) is 0 Å². The Labute approximate surface area is 103 Å². The largest absolute Gasteiger partial charge is 0.345 e. The minimum Gasteiger partial charge on any atom is -0.345 e. The Bertz CT molecular complexity index is 551. The maximum Gasteiger partial charge on any atom is 0.253 e. The number of anilines is 1. The van der Waals surface area contributed by atoms with Crippen molar-refractivity contribution in [3.63, 3.8) is 0 Å². The van der Waals surface area contributed by atoms with E-state index in [0.29, 0.717) is 17.1 Å². The molecule has 0 fully saturated rings. The average Bonchev–Trinajstić information content (AvgIpc) is 2.81. The molecule has 0 spiro atoms. The summed E-state index contributed by atoms with van der Waals surface area (Å²) in [6.07, 6.45) is 4.57. The lowest BCUT2D eigenvalue weighted by Crippen LogP contribution is -2.25. The fourth-order valence-electron chi connectivity index (χ4n) is 1.43. The summed E-state index contributed by atoms with van der Waals surface area (Å²) in [6.45, 7) is 0.256. The molecule has 2 aromatic rings. The molecule has 0 saturated carbocycles. The lowest BCUT2D eigenvalue weighted by atomic mass is 10.2. The number of hydrogen-bond acceptors (Lipinski definition) is 6. The summed E-state index contributed by atoms with van der Waals surface area (Å²) in [5.74, 6) is 5.58. The Balaban J connectivity index is 2.03. The van der Waals surface area contributed by atoms with Crippen molar-refractivity contribution in [2.45, 2.75) is 6.54 Å². The van der Waals surface area contributed by atoms with E-state index in [1.165, 1.54) is 12.4 Å². The van der Waals surface area contributed by atoms with Crippen LogP contribution in [-0.2, 0) is 13.6 Å². The monoisotopic (exact) mass is 247 g/mol. The Morgan fingerprint density at radius 2 is 2.39 bits per heavy atom. The van der Waals surface area contributed by atoms with E-state index in [1.54, 1.807) is 24.1 Å². The molecule has 2 rings (SSSR count). The van der Waals surface area contributed by atoms with Gasteiger partial charge in [-0.05, 0) is 6.07 Å². The zero-order chi connectivity index (χ0) is 13.0. The van der Waals surface area contributed by atoms with Crippen LogP contribution in [0.2, 0.25) is 0 Å². The fourth-order valence-corrected chi connectivity index (χ4v) is 1.43. The summed E-state index contributed by atoms with van der Waals surface area (Å²) >= 11 is 0. The molecule has 94 valence electrons. The molecule has 2 aromatic heterocycles. The molecule has 0 bridgehead atoms. The van der Waals surface area contributed by atoms with Gasteiger partial charge in [-0.2, -0.15) is 5.10 Å². The standard InChI is InChI=1S/C10H13N7O/c1-17-6-14-9(16-17)5-13-10(18)7-2-3-12-4-8(7)15-11/h2-4,6,15H,5,11H2,1H3,(H,13,18). The number of nitrogens with zero attached hydrogens (tertiary/aromatic N) is 4. The van der Waals surface area contributed by atoms with Gasteiger partial charge in [0.1, 0.15) is 6.33 Å². The van der Waals surface area contributed by atoms with Gasteiger partial charge in [-0.15, -0.1) is 0 Å². The van der Waals surface area contributed by atoms with E-state index in [-0.39, 0.29) is 12.5 Å². The molecule has 0 atom stereocenters. The van der Waals surface area contributed by atoms with E-state index in [9.17, 15) is 4.79 Å². The maximum atomic E-state index is 11.9. The number of carbonyl (C=O) groups is 1. The summed E-state index contributed by atoms with van der Waals surface area (Å²) in [4.78, 5) is 19.8. The van der Waals surface area contributed by atoms with Gasteiger partial charge in [0.25, 0.3) is 5.91 Å². The van der Waals surface area contributed by atoms with Gasteiger partial charge in [0, 0.05) is 13.2 Å². The van der Waals surface area contributed by atoms with Crippen LogP contribution in [0.5, 0.6) is 0 Å². The second-order valence-corrected chi connectivity index (χ2v) is 3.58. The van der Waals surface area contributed by atoms with Crippen LogP contribution in [0.4, 0.5) is 5.69 Å². The predicted molar refractivity (Wildman–Crippen MR) is 64.2 cm³/mol. The minimum atomic E-state index is -0.266. The van der Waals surface area contributed by atoms with Crippen LogP contribution in [0.1, 0.15) is 16.2 Å². The molecule has 0 aliphatic rings. The Morgan fingerprint density at radius 3 is 3.06 bits per heavy atom. The van der Waals surface area contributed by atoms with E-state index in [4.69, 9.17) is 5.84 Å². The second kappa shape index (κ2) is 5.23. The SMILES string of the molecule is Cn1cnc(CNC(=O)c2ccncc2NN)n1. The Kier molecular flexibility index (Phi) is 3.49. The first-order valence-corrected chi connectivity index (χ1v) is 5.24. The predicted octanol–water partition coefficient (Wildman–Crippen LogP) is -0.574. The molecule has 8 heteroatoms. The summed E-state index contributed by atoms with van der Waals surface area (Å²) in [6, 6.07) is 1.58. The molecule has 0 unspecified atom stereocenters. The Morgan fingerprint density at radius 1 is 1.56 bits per heavy atom. The van der Waals surface area contributed by atoms with Crippen molar-refractivity contribution in [3.8, 4) is 0 Å². The summed E-state index contributed by atoms with van der Waals surface area (Å²) in [7, 11) is 1.76. The van der Waals surface area contributed by atoms with Crippen molar-refractivity contribution in [3.05, 3.63) is 36.2 Å². The quantitative estimate of drug-likeness (QED) is 0.492. The van der Waals surface area contributed by atoms with Crippen LogP contribution in [-0.4, -0.2) is 25.7 Å². The first kappa shape index (κ1) is 12.0. The van der Waals surface area contributed by atoms with Crippen LogP contribution in [0.3, 0.4) is 0 Å². The first-order chi connectivity index (χ1) is 8.70. The summed E-state index contributed by atoms with van der Waals surface area (Å²) in [5.41, 5.74) is 3.30. The number of nitrogen functional groups attached to an aromatic ring is 1. The first-order valence-electron chi connectivity index (χ1n) is 5.24. The molecule has 1 amide bonds. The number of pyridine rings is 1. The highest BCUT2D eigenvalue weighted by Crippen LogP contribution is 2.11. The third-order valence-electron chi connectivity index (χ3n) is 2.28. The summed E-state index contributed by atoms with van der Waals surface area (Å²) < 4.78 is 1.57. The van der Waals surface area contributed by atoms with E-state index >= 15 is 0 Å². The zero-order valence-corrected chi connectivity index (χ0v) is 9.79. The van der Waals surface area contributed by atoms with Gasteiger partial charge >= 0.3 is 0 Å². The number of carbonyl (C=O) groups excluding carboxylic acids is 1. The highest BCUT2D eigenvalue weighted by Gasteiger charge is 2.11. The smallest absolute Gasteiger partial charge is 0.253 e. The van der Waals surface area contributed by atoms with Gasteiger partial charge in [0.2, 0.25) is 0 Å². The third-order valence-corrected chi connectivity index (χ3v) is 2.28. The van der Waals surface area contributed by atoms with Crippen molar-refractivity contribution in [1.82, 2.24) is 25.1 Å². The van der Waals surface area contributed by atoms with Crippen LogP contribution in [0, 0.1) is 0 Å². The zero-order valence-electron chi connectivity index (χ0n) is 9.79. The minimum absolute atomic E-state index is 0.256. The van der Waals surface area contributed by atoms with Gasteiger partial charge in [-0.3, -0.25) is 20.3 Å². The van der Waals surface area contributed by atoms with Crippen molar-refractivity contribution in [1.29, 1.82) is 0 Å². The second-order valence-electron chi connectivity index (χ2n) is 3.58. The summed E-state index contributed by atoms with van der Waals surface area (Å²) in [5, 5.41) is 6.76. The highest BCUT2D eigenvalue weighted by molar-refractivity contribution is 5.99. The van der Waals surface area contributed by atoms with Gasteiger partial charge < -0.3 is 10.7 Å². The third kappa shape index (κ3) is 2.61. The number of aryl methyl sites for hydroxylation is 1. The molecule has 2 heterocycles. The van der Waals surface area contributed by atoms with Gasteiger partial charge in [-0.1, -0.05) is 0 Å².